The highest BCUT2D eigenvalue weighted by Gasteiger charge is 2.41. The van der Waals surface area contributed by atoms with Gasteiger partial charge in [0.2, 0.25) is 5.79 Å². The third-order valence-corrected chi connectivity index (χ3v) is 10.8. The van der Waals surface area contributed by atoms with Crippen LogP contribution < -0.4 is 4.72 Å². The number of hydrogen-bond donors (Lipinski definition) is 1. The Kier molecular flexibility index (Phi) is 12.1. The van der Waals surface area contributed by atoms with Gasteiger partial charge in [-0.05, 0) is 45.4 Å². The molecule has 44 heavy (non-hydrogen) atoms. The Morgan fingerprint density at radius 3 is 2.52 bits per heavy atom. The van der Waals surface area contributed by atoms with Gasteiger partial charge in [-0.25, -0.2) is 9.37 Å². The molecule has 4 rings (SSSR count). The second kappa shape index (κ2) is 15.2. The summed E-state index contributed by atoms with van der Waals surface area (Å²) < 4.78 is 61.4. The van der Waals surface area contributed by atoms with Gasteiger partial charge in [-0.3, -0.25) is 4.57 Å². The molecule has 1 aliphatic heterocycles. The number of rotatable bonds is 16. The van der Waals surface area contributed by atoms with E-state index in [1.165, 1.54) is 12.3 Å². The summed E-state index contributed by atoms with van der Waals surface area (Å²) in [5, 5.41) is 4.28. The molecule has 244 valence electrons. The number of nitrogens with one attached hydrogen (secondary N) is 1. The van der Waals surface area contributed by atoms with Crippen LogP contribution >= 0.6 is 11.6 Å². The van der Waals surface area contributed by atoms with Crippen molar-refractivity contribution >= 4 is 31.0 Å². The fraction of sp³-hybridized carbons (Fsp3) is 0.600. The molecule has 2 aromatic heterocycles. The molecule has 1 unspecified atom stereocenters. The summed E-state index contributed by atoms with van der Waals surface area (Å²) in [7, 11) is -1.32. The standard InChI is InChI=1S/C30H44ClFN4O6SSi/c1-29(2,3)43(37)35-24(20-38-14-9-13-30(40-16-17-41-30)25-12-15-42-34-25)26-27(31)36(21-39-18-19-44(4,5)6)28(33-26)22-10-7-8-11-23(22)32/h7-8,10-12,15,24,35H,9,13-14,16-21H2,1-6H3/t24-,43?/m0/s1. The Hall–Kier alpha value is -1.81. The van der Waals surface area contributed by atoms with E-state index < -0.39 is 41.8 Å². The van der Waals surface area contributed by atoms with E-state index in [1.807, 2.05) is 20.8 Å². The average Bonchev–Trinajstić information content (AvgIpc) is 3.71. The molecule has 0 saturated carbocycles. The Morgan fingerprint density at radius 2 is 1.89 bits per heavy atom. The lowest BCUT2D eigenvalue weighted by Gasteiger charge is -2.27. The molecule has 10 nitrogen and oxygen atoms in total. The predicted molar refractivity (Wildman–Crippen MR) is 171 cm³/mol. The molecule has 14 heteroatoms. The largest absolute Gasteiger partial charge is 0.598 e. The Morgan fingerprint density at radius 1 is 1.16 bits per heavy atom. The number of ether oxygens (including phenoxy) is 4. The first-order chi connectivity index (χ1) is 20.8. The van der Waals surface area contributed by atoms with Crippen LogP contribution in [0.1, 0.15) is 51.0 Å². The minimum Gasteiger partial charge on any atom is -0.598 e. The summed E-state index contributed by atoms with van der Waals surface area (Å²) in [5.74, 6) is -1.07. The van der Waals surface area contributed by atoms with E-state index in [-0.39, 0.29) is 18.5 Å². The van der Waals surface area contributed by atoms with E-state index in [0.29, 0.717) is 62.0 Å². The number of imidazole rings is 1. The molecule has 1 aromatic carbocycles. The molecule has 0 aliphatic carbocycles. The van der Waals surface area contributed by atoms with Crippen LogP contribution in [0.15, 0.2) is 41.1 Å². The maximum Gasteiger partial charge on any atom is 0.215 e. The first-order valence-electron chi connectivity index (χ1n) is 14.8. The molecule has 3 heterocycles. The van der Waals surface area contributed by atoms with Crippen molar-refractivity contribution in [2.45, 2.75) is 82.6 Å². The van der Waals surface area contributed by atoms with Crippen LogP contribution in [0.5, 0.6) is 0 Å². The molecule has 1 saturated heterocycles. The van der Waals surface area contributed by atoms with E-state index in [0.717, 1.165) is 6.04 Å². The van der Waals surface area contributed by atoms with Crippen LogP contribution in [0.4, 0.5) is 4.39 Å². The van der Waals surface area contributed by atoms with Crippen molar-refractivity contribution in [3.63, 3.8) is 0 Å². The predicted octanol–water partition coefficient (Wildman–Crippen LogP) is 6.43. The van der Waals surface area contributed by atoms with Crippen molar-refractivity contribution < 1.29 is 32.4 Å². The summed E-state index contributed by atoms with van der Waals surface area (Å²) in [4.78, 5) is 4.79. The third-order valence-electron chi connectivity index (χ3n) is 7.06. The number of aromatic nitrogens is 3. The van der Waals surface area contributed by atoms with Gasteiger partial charge >= 0.3 is 0 Å². The van der Waals surface area contributed by atoms with E-state index >= 15 is 4.39 Å². The van der Waals surface area contributed by atoms with Gasteiger partial charge in [0.25, 0.3) is 0 Å². The minimum absolute atomic E-state index is 0.0973. The van der Waals surface area contributed by atoms with Gasteiger partial charge in [-0.2, -0.15) is 0 Å². The molecule has 0 amide bonds. The quantitative estimate of drug-likeness (QED) is 0.105. The summed E-state index contributed by atoms with van der Waals surface area (Å²) in [6, 6.07) is 8.45. The van der Waals surface area contributed by atoms with Crippen molar-refractivity contribution in [2.24, 2.45) is 0 Å². The van der Waals surface area contributed by atoms with Crippen LogP contribution in [-0.2, 0) is 42.8 Å². The zero-order valence-corrected chi connectivity index (χ0v) is 28.9. The summed E-state index contributed by atoms with van der Waals surface area (Å²) in [6.07, 6.45) is 2.59. The molecular weight excluding hydrogens is 627 g/mol. The third kappa shape index (κ3) is 9.14. The Balaban J connectivity index is 1.53. The first-order valence-corrected chi connectivity index (χ1v) is 20.1. The topological polar surface area (TPSA) is 116 Å². The van der Waals surface area contributed by atoms with E-state index in [9.17, 15) is 4.55 Å². The zero-order valence-electron chi connectivity index (χ0n) is 26.4. The molecule has 0 spiro atoms. The van der Waals surface area contributed by atoms with Crippen molar-refractivity contribution in [2.75, 3.05) is 33.0 Å². The van der Waals surface area contributed by atoms with E-state index in [4.69, 9.17) is 40.1 Å². The lowest BCUT2D eigenvalue weighted by Crippen LogP contribution is -2.42. The molecule has 1 aliphatic rings. The summed E-state index contributed by atoms with van der Waals surface area (Å²) >= 11 is 5.49. The minimum atomic E-state index is -1.47. The fourth-order valence-corrected chi connectivity index (χ4v) is 6.39. The number of halogens is 2. The maximum atomic E-state index is 15.0. The average molecular weight is 671 g/mol. The number of benzene rings is 1. The highest BCUT2D eigenvalue weighted by atomic mass is 35.5. The van der Waals surface area contributed by atoms with Crippen molar-refractivity contribution in [1.29, 1.82) is 0 Å². The fourth-order valence-electron chi connectivity index (χ4n) is 4.54. The van der Waals surface area contributed by atoms with Gasteiger partial charge in [0.1, 0.15) is 52.0 Å². The Labute approximate surface area is 268 Å². The van der Waals surface area contributed by atoms with Crippen LogP contribution in [0.3, 0.4) is 0 Å². The highest BCUT2D eigenvalue weighted by molar-refractivity contribution is 7.90. The van der Waals surface area contributed by atoms with Crippen molar-refractivity contribution in [3.05, 3.63) is 59.0 Å². The first kappa shape index (κ1) is 35.0. The number of nitrogens with zero attached hydrogens (tertiary/aromatic N) is 3. The van der Waals surface area contributed by atoms with E-state index in [1.54, 1.807) is 28.8 Å². The maximum absolute atomic E-state index is 15.0. The summed E-state index contributed by atoms with van der Waals surface area (Å²) in [5.41, 5.74) is 1.28. The Bertz CT molecular complexity index is 1330. The molecule has 0 radical (unpaired) electrons. The SMILES string of the molecule is CC(C)(C)[S+]([O-])N[C@@H](COCCCC1(c2ccon2)OCCO1)c1nc(-c2ccccc2F)n(COCC[Si](C)(C)C)c1Cl. The molecular formula is C30H44ClFN4O6SSi. The van der Waals surface area contributed by atoms with Crippen LogP contribution in [-0.4, -0.2) is 65.1 Å². The van der Waals surface area contributed by atoms with Crippen LogP contribution in [0, 0.1) is 5.82 Å². The van der Waals surface area contributed by atoms with Crippen molar-refractivity contribution in [3.8, 4) is 11.4 Å². The monoisotopic (exact) mass is 670 g/mol. The lowest BCUT2D eigenvalue weighted by molar-refractivity contribution is -0.177. The molecule has 0 bridgehead atoms. The van der Waals surface area contributed by atoms with Gasteiger partial charge in [0, 0.05) is 45.1 Å². The zero-order chi connectivity index (χ0) is 32.0. The van der Waals surface area contributed by atoms with Crippen LogP contribution in [0.2, 0.25) is 30.8 Å². The van der Waals surface area contributed by atoms with Crippen molar-refractivity contribution in [1.82, 2.24) is 19.4 Å². The van der Waals surface area contributed by atoms with Crippen LogP contribution in [0.25, 0.3) is 11.4 Å². The highest BCUT2D eigenvalue weighted by Crippen LogP contribution is 2.36. The van der Waals surface area contributed by atoms with E-state index in [2.05, 4.69) is 29.5 Å². The lowest BCUT2D eigenvalue weighted by atomic mass is 10.1. The summed E-state index contributed by atoms with van der Waals surface area (Å²) in [6.45, 7) is 14.5. The van der Waals surface area contributed by atoms with Gasteiger partial charge in [-0.1, -0.05) is 48.5 Å². The molecule has 3 aromatic rings. The van der Waals surface area contributed by atoms with Gasteiger partial charge in [0.05, 0.1) is 25.4 Å². The second-order valence-electron chi connectivity index (χ2n) is 12.9. The molecule has 2 atom stereocenters. The smallest absolute Gasteiger partial charge is 0.215 e. The van der Waals surface area contributed by atoms with Gasteiger partial charge < -0.3 is 28.0 Å². The normalized spacial score (nSPS) is 16.8. The molecule has 1 N–H and O–H groups in total. The second-order valence-corrected chi connectivity index (χ2v) is 20.9. The number of hydrogen-bond acceptors (Lipinski definition) is 9. The molecule has 1 fully saturated rings. The van der Waals surface area contributed by atoms with Gasteiger partial charge in [-0.15, -0.1) is 4.72 Å². The van der Waals surface area contributed by atoms with Gasteiger partial charge in [0.15, 0.2) is 0 Å².